The molecular weight excluding hydrogens is 502 g/mol. The van der Waals surface area contributed by atoms with E-state index in [0.717, 1.165) is 0 Å². The Morgan fingerprint density at radius 2 is 1.42 bits per heavy atom. The molecule has 0 unspecified atom stereocenters. The Hall–Kier alpha value is -3.52. The molecule has 0 bridgehead atoms. The SMILES string of the molecule is CCOC(=O)N1CCC(NC(=O)CCC(=O)NNC(=O)c2cc(C(F)(F)F)cc(C(F)(F)F)c2)CC1. The topological polar surface area (TPSA) is 117 Å². The molecule has 1 aliphatic rings. The third-order valence-electron chi connectivity index (χ3n) is 5.13. The molecule has 0 spiro atoms. The molecule has 1 aromatic carbocycles. The zero-order valence-electron chi connectivity index (χ0n) is 19.0. The first-order chi connectivity index (χ1) is 16.7. The molecule has 1 aromatic rings. The number of carbonyl (C=O) groups excluding carboxylic acids is 4. The number of hydrogen-bond acceptors (Lipinski definition) is 5. The maximum Gasteiger partial charge on any atom is 0.416 e. The maximum absolute atomic E-state index is 12.9. The molecule has 0 aromatic heterocycles. The molecule has 36 heavy (non-hydrogen) atoms. The van der Waals surface area contributed by atoms with Crippen LogP contribution in [0.25, 0.3) is 0 Å². The number of piperidine rings is 1. The fraction of sp³-hybridized carbons (Fsp3) is 0.524. The smallest absolute Gasteiger partial charge is 0.416 e. The minimum Gasteiger partial charge on any atom is -0.450 e. The van der Waals surface area contributed by atoms with Crippen LogP contribution in [0.1, 0.15) is 54.1 Å². The standard InChI is InChI=1S/C21H24F6N4O5/c1-2-36-19(35)31-7-5-15(6-8-31)28-16(32)3-4-17(33)29-30-18(34)12-9-13(20(22,23)24)11-14(10-12)21(25,26)27/h9-11,15H,2-8H2,1H3,(H,28,32)(H,29,33)(H,30,34). The van der Waals surface area contributed by atoms with E-state index in [9.17, 15) is 45.5 Å². The molecule has 0 saturated carbocycles. The summed E-state index contributed by atoms with van der Waals surface area (Å²) in [6.07, 6.45) is -10.5. The molecule has 1 aliphatic heterocycles. The van der Waals surface area contributed by atoms with E-state index in [-0.39, 0.29) is 37.3 Å². The number of hydrogen-bond donors (Lipinski definition) is 3. The summed E-state index contributed by atoms with van der Waals surface area (Å²) >= 11 is 0. The number of likely N-dealkylation sites (tertiary alicyclic amines) is 1. The van der Waals surface area contributed by atoms with Crippen LogP contribution in [-0.4, -0.2) is 54.5 Å². The number of ether oxygens (including phenoxy) is 1. The Bertz CT molecular complexity index is 942. The number of alkyl halides is 6. The number of rotatable bonds is 6. The number of nitrogens with zero attached hydrogens (tertiary/aromatic N) is 1. The highest BCUT2D eigenvalue weighted by Crippen LogP contribution is 2.36. The third kappa shape index (κ3) is 8.61. The molecule has 1 saturated heterocycles. The van der Waals surface area contributed by atoms with Gasteiger partial charge in [-0.3, -0.25) is 25.2 Å². The van der Waals surface area contributed by atoms with Crippen molar-refractivity contribution >= 4 is 23.8 Å². The predicted molar refractivity (Wildman–Crippen MR) is 111 cm³/mol. The molecule has 4 amide bonds. The average Bonchev–Trinajstić information content (AvgIpc) is 2.80. The Morgan fingerprint density at radius 3 is 1.92 bits per heavy atom. The Balaban J connectivity index is 1.82. The van der Waals surface area contributed by atoms with Gasteiger partial charge in [-0.05, 0) is 38.0 Å². The van der Waals surface area contributed by atoms with Crippen molar-refractivity contribution < 1.29 is 50.3 Å². The zero-order valence-corrected chi connectivity index (χ0v) is 19.0. The maximum atomic E-state index is 12.9. The van der Waals surface area contributed by atoms with Gasteiger partial charge in [0.05, 0.1) is 17.7 Å². The van der Waals surface area contributed by atoms with Gasteiger partial charge >= 0.3 is 18.4 Å². The minimum absolute atomic E-state index is 0.130. The number of hydrazine groups is 1. The lowest BCUT2D eigenvalue weighted by molar-refractivity contribution is -0.143. The highest BCUT2D eigenvalue weighted by atomic mass is 19.4. The van der Waals surface area contributed by atoms with Crippen LogP contribution in [0.3, 0.4) is 0 Å². The van der Waals surface area contributed by atoms with Crippen LogP contribution in [0.4, 0.5) is 31.1 Å². The summed E-state index contributed by atoms with van der Waals surface area (Å²) in [7, 11) is 0. The summed E-state index contributed by atoms with van der Waals surface area (Å²) in [5, 5.41) is 2.70. The largest absolute Gasteiger partial charge is 0.450 e. The molecule has 15 heteroatoms. The van der Waals surface area contributed by atoms with Gasteiger partial charge in [0.15, 0.2) is 0 Å². The summed E-state index contributed by atoms with van der Waals surface area (Å²) < 4.78 is 82.4. The first-order valence-corrected chi connectivity index (χ1v) is 10.8. The van der Waals surface area contributed by atoms with Crippen molar-refractivity contribution in [3.8, 4) is 0 Å². The van der Waals surface area contributed by atoms with Gasteiger partial charge in [0.25, 0.3) is 5.91 Å². The number of nitrogens with one attached hydrogen (secondary N) is 3. The van der Waals surface area contributed by atoms with E-state index in [4.69, 9.17) is 4.74 Å². The molecule has 0 atom stereocenters. The van der Waals surface area contributed by atoms with Crippen molar-refractivity contribution in [3.63, 3.8) is 0 Å². The number of halogens is 6. The molecule has 1 heterocycles. The lowest BCUT2D eigenvalue weighted by Gasteiger charge is -2.31. The van der Waals surface area contributed by atoms with Crippen LogP contribution in [0.15, 0.2) is 18.2 Å². The van der Waals surface area contributed by atoms with Gasteiger partial charge in [-0.25, -0.2) is 4.79 Å². The van der Waals surface area contributed by atoms with E-state index in [1.807, 2.05) is 5.43 Å². The van der Waals surface area contributed by atoms with Crippen molar-refractivity contribution in [1.29, 1.82) is 0 Å². The number of amides is 4. The fourth-order valence-corrected chi connectivity index (χ4v) is 3.30. The molecule has 200 valence electrons. The molecule has 0 aliphatic carbocycles. The number of benzene rings is 1. The first kappa shape index (κ1) is 28.7. The van der Waals surface area contributed by atoms with Gasteiger partial charge in [-0.2, -0.15) is 26.3 Å². The summed E-state index contributed by atoms with van der Waals surface area (Å²) in [5.41, 5.74) is -0.752. The van der Waals surface area contributed by atoms with E-state index in [1.165, 1.54) is 4.90 Å². The highest BCUT2D eigenvalue weighted by Gasteiger charge is 2.37. The van der Waals surface area contributed by atoms with Gasteiger partial charge in [-0.1, -0.05) is 0 Å². The summed E-state index contributed by atoms with van der Waals surface area (Å²) in [6.45, 7) is 2.68. The van der Waals surface area contributed by atoms with Gasteiger partial charge in [0.2, 0.25) is 11.8 Å². The molecule has 2 rings (SSSR count). The van der Waals surface area contributed by atoms with Crippen molar-refractivity contribution in [1.82, 2.24) is 21.1 Å². The van der Waals surface area contributed by atoms with Crippen LogP contribution in [-0.2, 0) is 26.7 Å². The Kier molecular flexibility index (Phi) is 9.53. The second kappa shape index (κ2) is 11.9. The van der Waals surface area contributed by atoms with Crippen LogP contribution in [0.2, 0.25) is 0 Å². The van der Waals surface area contributed by atoms with Crippen molar-refractivity contribution in [3.05, 3.63) is 34.9 Å². The Morgan fingerprint density at radius 1 is 0.889 bits per heavy atom. The van der Waals surface area contributed by atoms with E-state index >= 15 is 0 Å². The fourth-order valence-electron chi connectivity index (χ4n) is 3.30. The van der Waals surface area contributed by atoms with Gasteiger partial charge in [-0.15, -0.1) is 0 Å². The van der Waals surface area contributed by atoms with Crippen molar-refractivity contribution in [2.45, 2.75) is 51.0 Å². The predicted octanol–water partition coefficient (Wildman–Crippen LogP) is 3.00. The van der Waals surface area contributed by atoms with Crippen LogP contribution in [0.5, 0.6) is 0 Å². The van der Waals surface area contributed by atoms with E-state index in [1.54, 1.807) is 12.3 Å². The molecular formula is C21H24F6N4O5. The lowest BCUT2D eigenvalue weighted by atomic mass is 10.0. The molecule has 0 radical (unpaired) electrons. The van der Waals surface area contributed by atoms with Crippen molar-refractivity contribution in [2.75, 3.05) is 19.7 Å². The summed E-state index contributed by atoms with van der Waals surface area (Å²) in [4.78, 5) is 49.2. The Labute approximate surface area is 201 Å². The summed E-state index contributed by atoms with van der Waals surface area (Å²) in [6, 6.07) is 0.0819. The normalized spacial score (nSPS) is 14.7. The quantitative estimate of drug-likeness (QED) is 0.389. The van der Waals surface area contributed by atoms with Crippen LogP contribution < -0.4 is 16.2 Å². The summed E-state index contributed by atoms with van der Waals surface area (Å²) in [5.74, 6) is -2.78. The van der Waals surface area contributed by atoms with Crippen LogP contribution >= 0.6 is 0 Å². The average molecular weight is 526 g/mol. The minimum atomic E-state index is -5.14. The monoisotopic (exact) mass is 526 g/mol. The third-order valence-corrected chi connectivity index (χ3v) is 5.13. The lowest BCUT2D eigenvalue weighted by Crippen LogP contribution is -2.47. The van der Waals surface area contributed by atoms with Gasteiger partial charge in [0, 0.05) is 37.5 Å². The van der Waals surface area contributed by atoms with E-state index in [0.29, 0.717) is 25.9 Å². The van der Waals surface area contributed by atoms with E-state index in [2.05, 4.69) is 5.32 Å². The van der Waals surface area contributed by atoms with Crippen LogP contribution in [0, 0.1) is 0 Å². The molecule has 1 fully saturated rings. The number of carbonyl (C=O) groups is 4. The van der Waals surface area contributed by atoms with Gasteiger partial charge < -0.3 is 15.0 Å². The first-order valence-electron chi connectivity index (χ1n) is 10.8. The van der Waals surface area contributed by atoms with E-state index < -0.39 is 59.3 Å². The molecule has 3 N–H and O–H groups in total. The van der Waals surface area contributed by atoms with Gasteiger partial charge in [0.1, 0.15) is 0 Å². The van der Waals surface area contributed by atoms with Crippen molar-refractivity contribution in [2.24, 2.45) is 0 Å². The second-order valence-corrected chi connectivity index (χ2v) is 7.82. The molecule has 9 nitrogen and oxygen atoms in total. The second-order valence-electron chi connectivity index (χ2n) is 7.82. The highest BCUT2D eigenvalue weighted by molar-refractivity contribution is 5.96. The zero-order chi connectivity index (χ0) is 27.1.